The molecule has 1 saturated carbocycles. The van der Waals surface area contributed by atoms with Crippen LogP contribution in [0.4, 0.5) is 11.6 Å². The number of nitrogens with zero attached hydrogens (tertiary/aromatic N) is 3. The van der Waals surface area contributed by atoms with Gasteiger partial charge in [-0.15, -0.1) is 0 Å². The highest BCUT2D eigenvalue weighted by atomic mass is 15.2. The quantitative estimate of drug-likeness (QED) is 0.757. The molecule has 2 aromatic rings. The summed E-state index contributed by atoms with van der Waals surface area (Å²) in [5, 5.41) is 3.67. The molecule has 0 spiro atoms. The van der Waals surface area contributed by atoms with Gasteiger partial charge in [0, 0.05) is 25.2 Å². The van der Waals surface area contributed by atoms with Gasteiger partial charge >= 0.3 is 0 Å². The molecule has 1 aliphatic carbocycles. The van der Waals surface area contributed by atoms with Crippen LogP contribution in [0.15, 0.2) is 36.4 Å². The first kappa shape index (κ1) is 17.7. The molecule has 4 heteroatoms. The Balaban J connectivity index is 1.74. The Bertz CT molecular complexity index is 648. The molecule has 1 aliphatic rings. The van der Waals surface area contributed by atoms with E-state index in [1.807, 2.05) is 6.92 Å². The van der Waals surface area contributed by atoms with Crippen molar-refractivity contribution in [3.63, 3.8) is 0 Å². The third kappa shape index (κ3) is 5.18. The van der Waals surface area contributed by atoms with Gasteiger partial charge < -0.3 is 10.2 Å². The van der Waals surface area contributed by atoms with Crippen molar-refractivity contribution in [2.45, 2.75) is 65.0 Å². The van der Waals surface area contributed by atoms with E-state index in [4.69, 9.17) is 0 Å². The fourth-order valence-corrected chi connectivity index (χ4v) is 3.58. The first-order valence-electron chi connectivity index (χ1n) is 9.65. The predicted molar refractivity (Wildman–Crippen MR) is 105 cm³/mol. The largest absolute Gasteiger partial charge is 0.367 e. The van der Waals surface area contributed by atoms with Crippen LogP contribution in [0.25, 0.3) is 0 Å². The van der Waals surface area contributed by atoms with E-state index in [9.17, 15) is 0 Å². The van der Waals surface area contributed by atoms with Crippen LogP contribution in [-0.2, 0) is 6.54 Å². The van der Waals surface area contributed by atoms with E-state index in [0.717, 1.165) is 30.5 Å². The number of aromatic nitrogens is 2. The highest BCUT2D eigenvalue weighted by Gasteiger charge is 2.15. The normalized spacial score (nSPS) is 15.6. The maximum absolute atomic E-state index is 4.69. The Labute approximate surface area is 151 Å². The third-order valence-electron chi connectivity index (χ3n) is 4.95. The van der Waals surface area contributed by atoms with Crippen molar-refractivity contribution in [2.75, 3.05) is 16.8 Å². The molecule has 0 atom stereocenters. The first-order valence-corrected chi connectivity index (χ1v) is 9.65. The summed E-state index contributed by atoms with van der Waals surface area (Å²) in [6.07, 6.45) is 7.88. The average molecular weight is 338 g/mol. The van der Waals surface area contributed by atoms with Crippen molar-refractivity contribution in [2.24, 2.45) is 0 Å². The number of anilines is 2. The van der Waals surface area contributed by atoms with E-state index >= 15 is 0 Å². The molecule has 4 nitrogen and oxygen atoms in total. The molecule has 1 aromatic heterocycles. The Morgan fingerprint density at radius 2 is 1.76 bits per heavy atom. The van der Waals surface area contributed by atoms with Crippen molar-refractivity contribution in [3.05, 3.63) is 47.8 Å². The smallest absolute Gasteiger partial charge is 0.134 e. The molecule has 0 amide bonds. The van der Waals surface area contributed by atoms with E-state index in [1.165, 1.54) is 44.1 Å². The van der Waals surface area contributed by atoms with Crippen LogP contribution in [0.2, 0.25) is 0 Å². The lowest BCUT2D eigenvalue weighted by Crippen LogP contribution is -2.25. The first-order chi connectivity index (χ1) is 12.2. The number of aryl methyl sites for hydroxylation is 1. The summed E-state index contributed by atoms with van der Waals surface area (Å²) in [6.45, 7) is 5.96. The maximum atomic E-state index is 4.69. The molecule has 1 aromatic carbocycles. The van der Waals surface area contributed by atoms with Crippen LogP contribution in [0.3, 0.4) is 0 Å². The minimum Gasteiger partial charge on any atom is -0.367 e. The molecule has 1 fully saturated rings. The van der Waals surface area contributed by atoms with Crippen LogP contribution in [0.5, 0.6) is 0 Å². The second-order valence-corrected chi connectivity index (χ2v) is 6.99. The zero-order valence-electron chi connectivity index (χ0n) is 15.5. The Hall–Kier alpha value is -2.10. The topological polar surface area (TPSA) is 41.0 Å². The van der Waals surface area contributed by atoms with E-state index in [0.29, 0.717) is 6.04 Å². The summed E-state index contributed by atoms with van der Waals surface area (Å²) in [5.41, 5.74) is 1.30. The van der Waals surface area contributed by atoms with E-state index in [1.54, 1.807) is 0 Å². The van der Waals surface area contributed by atoms with E-state index in [2.05, 4.69) is 63.5 Å². The van der Waals surface area contributed by atoms with Gasteiger partial charge in [0.15, 0.2) is 0 Å². The summed E-state index contributed by atoms with van der Waals surface area (Å²) in [6, 6.07) is 13.2. The van der Waals surface area contributed by atoms with Crippen molar-refractivity contribution in [1.82, 2.24) is 9.97 Å². The van der Waals surface area contributed by atoms with Gasteiger partial charge in [-0.25, -0.2) is 9.97 Å². The fraction of sp³-hybridized carbons (Fsp3) is 0.524. The third-order valence-corrected chi connectivity index (χ3v) is 4.95. The second-order valence-electron chi connectivity index (χ2n) is 6.99. The van der Waals surface area contributed by atoms with Crippen LogP contribution in [0.1, 0.15) is 56.8 Å². The molecule has 134 valence electrons. The minimum absolute atomic E-state index is 0.550. The van der Waals surface area contributed by atoms with Gasteiger partial charge in [0.2, 0.25) is 0 Å². The lowest BCUT2D eigenvalue weighted by molar-refractivity contribution is 0.617. The van der Waals surface area contributed by atoms with E-state index in [-0.39, 0.29) is 0 Å². The van der Waals surface area contributed by atoms with Gasteiger partial charge in [0.1, 0.15) is 17.5 Å². The zero-order valence-corrected chi connectivity index (χ0v) is 15.5. The summed E-state index contributed by atoms with van der Waals surface area (Å²) < 4.78 is 0. The molecule has 25 heavy (non-hydrogen) atoms. The standard InChI is InChI=1S/C21H30N4/c1-3-25(16-18-11-7-6-8-12-18)21-15-20(22-17(2)23-21)24-19-13-9-4-5-10-14-19/h6-8,11-12,15,19H,3-5,9-10,13-14,16H2,1-2H3,(H,22,23,24). The molecule has 0 radical (unpaired) electrons. The summed E-state index contributed by atoms with van der Waals surface area (Å²) >= 11 is 0. The monoisotopic (exact) mass is 338 g/mol. The van der Waals surface area contributed by atoms with Crippen molar-refractivity contribution < 1.29 is 0 Å². The molecular formula is C21H30N4. The van der Waals surface area contributed by atoms with Gasteiger partial charge in [-0.05, 0) is 32.3 Å². The van der Waals surface area contributed by atoms with Gasteiger partial charge in [-0.1, -0.05) is 56.0 Å². The Kier molecular flexibility index (Phi) is 6.26. The Morgan fingerprint density at radius 1 is 1.04 bits per heavy atom. The van der Waals surface area contributed by atoms with Crippen molar-refractivity contribution >= 4 is 11.6 Å². The molecular weight excluding hydrogens is 308 g/mol. The molecule has 0 bridgehead atoms. The second kappa shape index (κ2) is 8.84. The zero-order chi connectivity index (χ0) is 17.5. The number of benzene rings is 1. The molecule has 1 N–H and O–H groups in total. The Morgan fingerprint density at radius 3 is 2.44 bits per heavy atom. The van der Waals surface area contributed by atoms with Crippen molar-refractivity contribution in [3.8, 4) is 0 Å². The summed E-state index contributed by atoms with van der Waals surface area (Å²) in [5.74, 6) is 2.82. The minimum atomic E-state index is 0.550. The molecule has 3 rings (SSSR count). The van der Waals surface area contributed by atoms with E-state index < -0.39 is 0 Å². The van der Waals surface area contributed by atoms with Crippen LogP contribution in [0, 0.1) is 6.92 Å². The predicted octanol–water partition coefficient (Wildman–Crippen LogP) is 4.95. The maximum Gasteiger partial charge on any atom is 0.134 e. The van der Waals surface area contributed by atoms with Gasteiger partial charge in [0.05, 0.1) is 0 Å². The van der Waals surface area contributed by atoms with Gasteiger partial charge in [0.25, 0.3) is 0 Å². The lowest BCUT2D eigenvalue weighted by atomic mass is 10.1. The number of nitrogens with one attached hydrogen (secondary N) is 1. The lowest BCUT2D eigenvalue weighted by Gasteiger charge is -2.24. The summed E-state index contributed by atoms with van der Waals surface area (Å²) in [4.78, 5) is 11.6. The molecule has 0 unspecified atom stereocenters. The molecule has 0 saturated heterocycles. The number of hydrogen-bond donors (Lipinski definition) is 1. The SMILES string of the molecule is CCN(Cc1ccccc1)c1cc(NC2CCCCCC2)nc(C)n1. The summed E-state index contributed by atoms with van der Waals surface area (Å²) in [7, 11) is 0. The highest BCUT2D eigenvalue weighted by molar-refractivity contribution is 5.50. The van der Waals surface area contributed by atoms with Crippen LogP contribution >= 0.6 is 0 Å². The van der Waals surface area contributed by atoms with Gasteiger partial charge in [-0.3, -0.25) is 0 Å². The van der Waals surface area contributed by atoms with Crippen molar-refractivity contribution in [1.29, 1.82) is 0 Å². The van der Waals surface area contributed by atoms with Crippen LogP contribution < -0.4 is 10.2 Å². The number of hydrogen-bond acceptors (Lipinski definition) is 4. The molecule has 0 aliphatic heterocycles. The van der Waals surface area contributed by atoms with Gasteiger partial charge in [-0.2, -0.15) is 0 Å². The number of rotatable bonds is 6. The average Bonchev–Trinajstić information content (AvgIpc) is 2.88. The fourth-order valence-electron chi connectivity index (χ4n) is 3.58. The van der Waals surface area contributed by atoms with Crippen LogP contribution in [-0.4, -0.2) is 22.6 Å². The highest BCUT2D eigenvalue weighted by Crippen LogP contribution is 2.23. The molecule has 1 heterocycles.